The van der Waals surface area contributed by atoms with E-state index in [0.29, 0.717) is 12.8 Å². The first-order valence-electron chi connectivity index (χ1n) is 17.4. The highest BCUT2D eigenvalue weighted by Crippen LogP contribution is 2.61. The molecule has 1 unspecified atom stereocenters. The molecule has 0 aromatic heterocycles. The number of esters is 2. The number of carbonyl (C=O) groups is 2. The predicted octanol–water partition coefficient (Wildman–Crippen LogP) is 8.92. The van der Waals surface area contributed by atoms with Crippen LogP contribution in [-0.2, 0) is 28.2 Å². The van der Waals surface area contributed by atoms with Gasteiger partial charge in [-0.15, -0.1) is 0 Å². The molecule has 0 rings (SSSR count). The zero-order valence-electron chi connectivity index (χ0n) is 27.7. The zero-order chi connectivity index (χ0) is 33.1. The van der Waals surface area contributed by atoms with Crippen LogP contribution in [0.5, 0.6) is 0 Å². The van der Waals surface area contributed by atoms with Crippen LogP contribution >= 0.6 is 15.2 Å². The Morgan fingerprint density at radius 1 is 0.523 bits per heavy atom. The molecule has 10 nitrogen and oxygen atoms in total. The largest absolute Gasteiger partial charge is 0.462 e. The molecule has 0 spiro atoms. The average Bonchev–Trinajstić information content (AvgIpc) is 2.94. The molecule has 0 aliphatic carbocycles. The van der Waals surface area contributed by atoms with E-state index in [4.69, 9.17) is 9.47 Å². The summed E-state index contributed by atoms with van der Waals surface area (Å²) in [6, 6.07) is 0. The van der Waals surface area contributed by atoms with E-state index in [2.05, 4.69) is 13.8 Å². The van der Waals surface area contributed by atoms with Gasteiger partial charge in [0.2, 0.25) is 0 Å². The van der Waals surface area contributed by atoms with Crippen molar-refractivity contribution in [1.29, 1.82) is 0 Å². The lowest BCUT2D eigenvalue weighted by Gasteiger charge is -2.25. The molecule has 1 atom stereocenters. The standard InChI is InChI=1S/C32H64O10P2/c1-3-5-7-9-11-13-15-17-19-21-23-25-30(33)41-28-29(27-32(43(35,36)37)44(38,39)40)42-31(34)26-24-22-20-18-16-14-12-10-8-6-4-2/h29,32H,3-28H2,1-2H3,(H2,35,36,37)(H2,38,39,40). The van der Waals surface area contributed by atoms with E-state index >= 15 is 0 Å². The van der Waals surface area contributed by atoms with Gasteiger partial charge in [0.15, 0.2) is 5.40 Å². The van der Waals surface area contributed by atoms with Gasteiger partial charge >= 0.3 is 27.1 Å². The Labute approximate surface area is 267 Å². The molecule has 0 aromatic carbocycles. The molecule has 0 aliphatic rings. The Morgan fingerprint density at radius 3 is 1.18 bits per heavy atom. The topological polar surface area (TPSA) is 168 Å². The maximum atomic E-state index is 12.5. The third kappa shape index (κ3) is 26.5. The van der Waals surface area contributed by atoms with Crippen LogP contribution < -0.4 is 0 Å². The first-order valence-corrected chi connectivity index (χ1v) is 20.7. The van der Waals surface area contributed by atoms with Gasteiger partial charge in [0, 0.05) is 19.3 Å². The second kappa shape index (κ2) is 27.4. The SMILES string of the molecule is CCCCCCCCCCCCCC(=O)OCC(CC(P(=O)(O)O)P(=O)(O)O)OC(=O)CCCCCCCCCCCCC. The van der Waals surface area contributed by atoms with Crippen molar-refractivity contribution >= 4 is 27.1 Å². The third-order valence-corrected chi connectivity index (χ3v) is 11.7. The van der Waals surface area contributed by atoms with Crippen molar-refractivity contribution in [2.45, 2.75) is 186 Å². The van der Waals surface area contributed by atoms with Crippen molar-refractivity contribution in [1.82, 2.24) is 0 Å². The lowest BCUT2D eigenvalue weighted by Crippen LogP contribution is -2.29. The summed E-state index contributed by atoms with van der Waals surface area (Å²) >= 11 is 0. The van der Waals surface area contributed by atoms with Crippen molar-refractivity contribution in [2.75, 3.05) is 6.61 Å². The molecule has 0 bridgehead atoms. The Morgan fingerprint density at radius 2 is 0.841 bits per heavy atom. The fraction of sp³-hybridized carbons (Fsp3) is 0.938. The minimum Gasteiger partial charge on any atom is -0.462 e. The number of unbranched alkanes of at least 4 members (excludes halogenated alkanes) is 20. The van der Waals surface area contributed by atoms with Gasteiger partial charge in [-0.3, -0.25) is 18.7 Å². The molecular weight excluding hydrogens is 606 g/mol. The summed E-state index contributed by atoms with van der Waals surface area (Å²) < 4.78 is 34.1. The monoisotopic (exact) mass is 670 g/mol. The van der Waals surface area contributed by atoms with Gasteiger partial charge in [0.1, 0.15) is 12.7 Å². The fourth-order valence-electron chi connectivity index (χ4n) is 5.23. The molecule has 0 heterocycles. The molecule has 0 fully saturated rings. The smallest absolute Gasteiger partial charge is 0.340 e. The predicted molar refractivity (Wildman–Crippen MR) is 175 cm³/mol. The van der Waals surface area contributed by atoms with E-state index in [-0.39, 0.29) is 12.8 Å². The Bertz CT molecular complexity index is 789. The number of carbonyl (C=O) groups excluding carboxylic acids is 2. The highest BCUT2D eigenvalue weighted by Gasteiger charge is 2.45. The van der Waals surface area contributed by atoms with Gasteiger partial charge in [-0.05, 0) is 12.8 Å². The molecule has 0 saturated heterocycles. The van der Waals surface area contributed by atoms with Crippen molar-refractivity contribution < 1.29 is 47.8 Å². The van der Waals surface area contributed by atoms with E-state index in [1.54, 1.807) is 0 Å². The minimum atomic E-state index is -5.23. The summed E-state index contributed by atoms with van der Waals surface area (Å²) in [5.41, 5.74) is 0. The summed E-state index contributed by atoms with van der Waals surface area (Å²) in [7, 11) is -10.5. The number of hydrogen-bond donors (Lipinski definition) is 4. The first-order chi connectivity index (χ1) is 20.9. The normalized spacial score (nSPS) is 12.9. The quantitative estimate of drug-likeness (QED) is 0.0317. The van der Waals surface area contributed by atoms with Crippen LogP contribution in [0.1, 0.15) is 174 Å². The van der Waals surface area contributed by atoms with Crippen LogP contribution in [0.25, 0.3) is 0 Å². The van der Waals surface area contributed by atoms with E-state index in [9.17, 15) is 38.3 Å². The second-order valence-electron chi connectivity index (χ2n) is 12.3. The van der Waals surface area contributed by atoms with E-state index in [1.165, 1.54) is 83.5 Å². The first kappa shape index (κ1) is 43.2. The van der Waals surface area contributed by atoms with Crippen LogP contribution in [0.4, 0.5) is 0 Å². The van der Waals surface area contributed by atoms with Crippen LogP contribution in [-0.4, -0.2) is 49.6 Å². The highest BCUT2D eigenvalue weighted by atomic mass is 31.2. The highest BCUT2D eigenvalue weighted by molar-refractivity contribution is 7.70. The van der Waals surface area contributed by atoms with Crippen molar-refractivity contribution in [2.24, 2.45) is 0 Å². The molecule has 44 heavy (non-hydrogen) atoms. The summed E-state index contributed by atoms with van der Waals surface area (Å²) in [6.07, 6.45) is 22.7. The van der Waals surface area contributed by atoms with Crippen LogP contribution in [0.3, 0.4) is 0 Å². The molecule has 0 aromatic rings. The van der Waals surface area contributed by atoms with Gasteiger partial charge in [-0.2, -0.15) is 0 Å². The molecule has 4 N–H and O–H groups in total. The van der Waals surface area contributed by atoms with Gasteiger partial charge in [0.25, 0.3) is 0 Å². The Kier molecular flexibility index (Phi) is 26.9. The molecule has 0 amide bonds. The number of hydrogen-bond acceptors (Lipinski definition) is 6. The maximum Gasteiger partial charge on any atom is 0.340 e. The van der Waals surface area contributed by atoms with Crippen molar-refractivity contribution in [3.63, 3.8) is 0 Å². The second-order valence-corrected chi connectivity index (χ2v) is 16.3. The lowest BCUT2D eigenvalue weighted by molar-refractivity contribution is -0.159. The molecule has 0 saturated carbocycles. The van der Waals surface area contributed by atoms with E-state index < -0.39 is 51.7 Å². The third-order valence-electron chi connectivity index (χ3n) is 7.95. The fourth-order valence-corrected chi connectivity index (χ4v) is 7.81. The molecule has 0 aliphatic heterocycles. The Hall–Kier alpha value is -0.760. The maximum absolute atomic E-state index is 12.5. The molecular formula is C32H64O10P2. The summed E-state index contributed by atoms with van der Waals surface area (Å²) in [5.74, 6) is -1.20. The van der Waals surface area contributed by atoms with Crippen molar-refractivity contribution in [3.8, 4) is 0 Å². The van der Waals surface area contributed by atoms with Gasteiger partial charge in [-0.25, -0.2) is 0 Å². The molecule has 12 heteroatoms. The molecule has 0 radical (unpaired) electrons. The van der Waals surface area contributed by atoms with Gasteiger partial charge < -0.3 is 29.0 Å². The zero-order valence-corrected chi connectivity index (χ0v) is 29.5. The molecule has 262 valence electrons. The van der Waals surface area contributed by atoms with Gasteiger partial charge in [-0.1, -0.05) is 142 Å². The van der Waals surface area contributed by atoms with Crippen LogP contribution in [0.15, 0.2) is 0 Å². The lowest BCUT2D eigenvalue weighted by atomic mass is 10.1. The number of ether oxygens (including phenoxy) is 2. The average molecular weight is 671 g/mol. The van der Waals surface area contributed by atoms with E-state index in [1.807, 2.05) is 0 Å². The van der Waals surface area contributed by atoms with Gasteiger partial charge in [0.05, 0.1) is 0 Å². The summed E-state index contributed by atoms with van der Waals surface area (Å²) in [4.78, 5) is 62.9. The minimum absolute atomic E-state index is 0.0662. The van der Waals surface area contributed by atoms with E-state index in [0.717, 1.165) is 44.9 Å². The summed E-state index contributed by atoms with van der Waals surface area (Å²) in [6.45, 7) is 3.89. The van der Waals surface area contributed by atoms with Crippen LogP contribution in [0.2, 0.25) is 0 Å². The summed E-state index contributed by atoms with van der Waals surface area (Å²) in [5, 5.41) is -2.35. The Balaban J connectivity index is 4.51. The number of rotatable bonds is 31. The van der Waals surface area contributed by atoms with Crippen molar-refractivity contribution in [3.05, 3.63) is 0 Å². The van der Waals surface area contributed by atoms with Crippen LogP contribution in [0, 0.1) is 0 Å².